The van der Waals surface area contributed by atoms with E-state index in [0.29, 0.717) is 54.8 Å². The van der Waals surface area contributed by atoms with Crippen molar-refractivity contribution < 1.29 is 31.5 Å². The Balaban J connectivity index is 1.45. The van der Waals surface area contributed by atoms with Crippen molar-refractivity contribution in [2.75, 3.05) is 37.3 Å². The van der Waals surface area contributed by atoms with Gasteiger partial charge in [-0.05, 0) is 48.2 Å². The molecule has 2 aromatic carbocycles. The molecule has 42 heavy (non-hydrogen) atoms. The quantitative estimate of drug-likeness (QED) is 0.294. The number of aromatic nitrogens is 3. The van der Waals surface area contributed by atoms with Gasteiger partial charge in [0.05, 0.1) is 30.8 Å². The number of fused-ring (bicyclic) bond motifs is 1. The molecule has 0 saturated carbocycles. The zero-order chi connectivity index (χ0) is 30.2. The van der Waals surface area contributed by atoms with E-state index in [1.54, 1.807) is 17.0 Å². The summed E-state index contributed by atoms with van der Waals surface area (Å²) in [5.74, 6) is -1.66. The number of halogens is 2. The lowest BCUT2D eigenvalue weighted by Crippen LogP contribution is -2.30. The average molecular weight is 601 g/mol. The molecule has 222 valence electrons. The third kappa shape index (κ3) is 5.79. The SMILES string of the molecule is COc1ncc(-c2ccc3nc(N)n(C4CCN(C(=O)OCC(C)C)C4)c3c2)cc1NS(=O)(=O)c1ccc(F)cc1F. The molecule has 1 atom stereocenters. The first kappa shape index (κ1) is 29.0. The van der Waals surface area contributed by atoms with Gasteiger partial charge in [0.15, 0.2) is 0 Å². The van der Waals surface area contributed by atoms with E-state index in [1.165, 1.54) is 19.4 Å². The lowest BCUT2D eigenvalue weighted by molar-refractivity contribution is 0.0985. The van der Waals surface area contributed by atoms with Crippen LogP contribution in [0.3, 0.4) is 0 Å². The number of imidazole rings is 1. The van der Waals surface area contributed by atoms with Crippen molar-refractivity contribution in [2.45, 2.75) is 31.2 Å². The molecule has 2 aromatic heterocycles. The number of hydrogen-bond acceptors (Lipinski definition) is 8. The number of ether oxygens (including phenoxy) is 2. The highest BCUT2D eigenvalue weighted by Gasteiger charge is 2.31. The summed E-state index contributed by atoms with van der Waals surface area (Å²) in [5, 5.41) is 0. The Morgan fingerprint density at radius 3 is 2.67 bits per heavy atom. The van der Waals surface area contributed by atoms with E-state index in [1.807, 2.05) is 24.5 Å². The van der Waals surface area contributed by atoms with Crippen LogP contribution in [0.1, 0.15) is 26.3 Å². The fourth-order valence-electron chi connectivity index (χ4n) is 4.86. The van der Waals surface area contributed by atoms with Crippen molar-refractivity contribution in [2.24, 2.45) is 5.92 Å². The molecule has 1 fully saturated rings. The largest absolute Gasteiger partial charge is 0.480 e. The lowest BCUT2D eigenvalue weighted by atomic mass is 10.1. The Morgan fingerprint density at radius 2 is 1.95 bits per heavy atom. The van der Waals surface area contributed by atoms with Crippen molar-refractivity contribution in [3.05, 3.63) is 60.3 Å². The van der Waals surface area contributed by atoms with Gasteiger partial charge in [0, 0.05) is 30.9 Å². The van der Waals surface area contributed by atoms with Crippen molar-refractivity contribution in [3.63, 3.8) is 0 Å². The van der Waals surface area contributed by atoms with E-state index in [2.05, 4.69) is 14.7 Å². The third-order valence-electron chi connectivity index (χ3n) is 6.85. The number of pyridine rings is 1. The van der Waals surface area contributed by atoms with Gasteiger partial charge in [-0.25, -0.2) is 32.0 Å². The Morgan fingerprint density at radius 1 is 1.17 bits per heavy atom. The molecule has 11 nitrogen and oxygen atoms in total. The highest BCUT2D eigenvalue weighted by molar-refractivity contribution is 7.92. The number of nitrogen functional groups attached to an aromatic ring is 1. The van der Waals surface area contributed by atoms with Gasteiger partial charge in [-0.1, -0.05) is 19.9 Å². The highest BCUT2D eigenvalue weighted by atomic mass is 32.2. The predicted molar refractivity (Wildman–Crippen MR) is 153 cm³/mol. The number of nitrogens with two attached hydrogens (primary N) is 1. The standard InChI is InChI=1S/C28H30F2N6O5S/c1-16(2)15-41-28(37)35-9-8-20(14-35)36-24-11-17(4-6-22(24)33-27(36)31)18-10-23(26(40-3)32-13-18)34-42(38,39)25-7-5-19(29)12-21(25)30/h4-7,10-13,16,20,34H,8-9,14-15H2,1-3H3,(H2,31,33). The number of anilines is 2. The molecule has 0 spiro atoms. The summed E-state index contributed by atoms with van der Waals surface area (Å²) in [6.45, 7) is 5.20. The molecule has 1 aliphatic heterocycles. The normalized spacial score (nSPS) is 15.4. The van der Waals surface area contributed by atoms with Gasteiger partial charge in [-0.15, -0.1) is 0 Å². The Kier molecular flexibility index (Phi) is 7.91. The van der Waals surface area contributed by atoms with Crippen LogP contribution in [0, 0.1) is 17.6 Å². The number of nitrogens with zero attached hydrogens (tertiary/aromatic N) is 4. The van der Waals surface area contributed by atoms with Gasteiger partial charge in [-0.2, -0.15) is 0 Å². The van der Waals surface area contributed by atoms with Gasteiger partial charge < -0.3 is 24.7 Å². The third-order valence-corrected chi connectivity index (χ3v) is 8.25. The van der Waals surface area contributed by atoms with Gasteiger partial charge in [0.25, 0.3) is 10.0 Å². The molecule has 0 aliphatic carbocycles. The average Bonchev–Trinajstić information content (AvgIpc) is 3.54. The molecular weight excluding hydrogens is 570 g/mol. The minimum Gasteiger partial charge on any atom is -0.480 e. The van der Waals surface area contributed by atoms with E-state index in [-0.39, 0.29) is 29.6 Å². The molecule has 1 aliphatic rings. The molecule has 1 amide bonds. The smallest absolute Gasteiger partial charge is 0.409 e. The molecule has 3 N–H and O–H groups in total. The minimum atomic E-state index is -4.45. The number of likely N-dealkylation sites (tertiary alicyclic amines) is 1. The van der Waals surface area contributed by atoms with E-state index in [4.69, 9.17) is 15.2 Å². The zero-order valence-corrected chi connectivity index (χ0v) is 24.0. The number of amides is 1. The summed E-state index contributed by atoms with van der Waals surface area (Å²) in [6, 6.07) is 8.96. The first-order valence-electron chi connectivity index (χ1n) is 13.2. The molecular formula is C28H30F2N6O5S. The fourth-order valence-corrected chi connectivity index (χ4v) is 5.97. The van der Waals surface area contributed by atoms with Crippen molar-refractivity contribution >= 4 is 38.8 Å². The Bertz CT molecular complexity index is 1760. The second-order valence-corrected chi connectivity index (χ2v) is 12.0. The number of carbonyl (C=O) groups excluding carboxylic acids is 1. The molecule has 1 unspecified atom stereocenters. The molecule has 0 bridgehead atoms. The van der Waals surface area contributed by atoms with Crippen molar-refractivity contribution in [3.8, 4) is 17.0 Å². The van der Waals surface area contributed by atoms with Crippen LogP contribution in [-0.2, 0) is 14.8 Å². The number of rotatable bonds is 8. The summed E-state index contributed by atoms with van der Waals surface area (Å²) >= 11 is 0. The van der Waals surface area contributed by atoms with E-state index in [9.17, 15) is 22.0 Å². The summed E-state index contributed by atoms with van der Waals surface area (Å²) < 4.78 is 68.3. The molecule has 0 radical (unpaired) electrons. The second kappa shape index (κ2) is 11.4. The summed E-state index contributed by atoms with van der Waals surface area (Å²) in [6.07, 6.45) is 1.80. The molecule has 14 heteroatoms. The van der Waals surface area contributed by atoms with Gasteiger partial charge in [-0.3, -0.25) is 4.72 Å². The van der Waals surface area contributed by atoms with Crippen molar-refractivity contribution in [1.29, 1.82) is 0 Å². The summed E-state index contributed by atoms with van der Waals surface area (Å²) in [5.41, 5.74) is 8.82. The van der Waals surface area contributed by atoms with Gasteiger partial charge >= 0.3 is 6.09 Å². The topological polar surface area (TPSA) is 142 Å². The molecule has 1 saturated heterocycles. The van der Waals surface area contributed by atoms with Crippen LogP contribution in [0.15, 0.2) is 53.6 Å². The minimum absolute atomic E-state index is 0.0433. The number of sulfonamides is 1. The van der Waals surface area contributed by atoms with Crippen LogP contribution in [0.5, 0.6) is 5.88 Å². The van der Waals surface area contributed by atoms with Crippen LogP contribution in [0.2, 0.25) is 0 Å². The maximum atomic E-state index is 14.3. The van der Waals surface area contributed by atoms with Crippen LogP contribution in [0.4, 0.5) is 25.2 Å². The molecule has 5 rings (SSSR count). The van der Waals surface area contributed by atoms with Crippen LogP contribution >= 0.6 is 0 Å². The van der Waals surface area contributed by atoms with Crippen molar-refractivity contribution in [1.82, 2.24) is 19.4 Å². The maximum Gasteiger partial charge on any atom is 0.409 e. The van der Waals surface area contributed by atoms with Crippen LogP contribution in [-0.4, -0.2) is 60.8 Å². The number of hydrogen-bond donors (Lipinski definition) is 2. The van der Waals surface area contributed by atoms with E-state index in [0.717, 1.165) is 17.6 Å². The molecule has 3 heterocycles. The number of carbonyl (C=O) groups is 1. The number of methoxy groups -OCH3 is 1. The Hall–Kier alpha value is -4.46. The predicted octanol–water partition coefficient (Wildman–Crippen LogP) is 4.81. The first-order chi connectivity index (χ1) is 20.0. The first-order valence-corrected chi connectivity index (χ1v) is 14.7. The van der Waals surface area contributed by atoms with E-state index < -0.39 is 26.6 Å². The number of nitrogens with one attached hydrogen (secondary N) is 1. The Labute approximate surface area is 241 Å². The lowest BCUT2D eigenvalue weighted by Gasteiger charge is -2.19. The maximum absolute atomic E-state index is 14.3. The fraction of sp³-hybridized carbons (Fsp3) is 0.321. The summed E-state index contributed by atoms with van der Waals surface area (Å²) in [4.78, 5) is 22.1. The second-order valence-electron chi connectivity index (χ2n) is 10.4. The summed E-state index contributed by atoms with van der Waals surface area (Å²) in [7, 11) is -3.13. The van der Waals surface area contributed by atoms with Crippen LogP contribution in [0.25, 0.3) is 22.2 Å². The number of benzene rings is 2. The van der Waals surface area contributed by atoms with Gasteiger partial charge in [0.1, 0.15) is 22.2 Å². The van der Waals surface area contributed by atoms with Crippen LogP contribution < -0.4 is 15.2 Å². The zero-order valence-electron chi connectivity index (χ0n) is 23.2. The van der Waals surface area contributed by atoms with Gasteiger partial charge in [0.2, 0.25) is 11.8 Å². The monoisotopic (exact) mass is 600 g/mol. The van der Waals surface area contributed by atoms with E-state index >= 15 is 0 Å². The molecule has 4 aromatic rings. The highest BCUT2D eigenvalue weighted by Crippen LogP contribution is 2.35.